The third-order valence-electron chi connectivity index (χ3n) is 5.22. The smallest absolute Gasteiger partial charge is 0.307 e. The molecule has 1 saturated heterocycles. The second-order valence-electron chi connectivity index (χ2n) is 6.53. The lowest BCUT2D eigenvalue weighted by atomic mass is 9.90. The van der Waals surface area contributed by atoms with Crippen molar-refractivity contribution in [3.63, 3.8) is 0 Å². The Balaban J connectivity index is 1.65. The van der Waals surface area contributed by atoms with Gasteiger partial charge < -0.3 is 14.7 Å². The van der Waals surface area contributed by atoms with Crippen LogP contribution < -0.4 is 0 Å². The highest BCUT2D eigenvalue weighted by Gasteiger charge is 2.59. The molecular weight excluding hydrogens is 294 g/mol. The van der Waals surface area contributed by atoms with Crippen LogP contribution in [0.1, 0.15) is 37.9 Å². The van der Waals surface area contributed by atoms with Crippen LogP contribution in [0.3, 0.4) is 0 Å². The normalized spacial score (nSPS) is 23.5. The van der Waals surface area contributed by atoms with E-state index in [0.717, 1.165) is 24.8 Å². The molecule has 124 valence electrons. The van der Waals surface area contributed by atoms with Crippen LogP contribution in [0.25, 0.3) is 0 Å². The molecule has 0 bridgehead atoms. The Hall–Kier alpha value is -1.88. The van der Waals surface area contributed by atoms with Gasteiger partial charge in [-0.2, -0.15) is 0 Å². The van der Waals surface area contributed by atoms with Crippen LogP contribution >= 0.6 is 0 Å². The number of piperidine rings is 1. The lowest BCUT2D eigenvalue weighted by molar-refractivity contribution is -0.146. The predicted octanol–water partition coefficient (Wildman–Crippen LogP) is 2.48. The first-order valence-corrected chi connectivity index (χ1v) is 8.25. The molecule has 1 aromatic rings. The molecule has 2 aliphatic rings. The number of carbonyl (C=O) groups is 2. The fourth-order valence-electron chi connectivity index (χ4n) is 3.69. The predicted molar refractivity (Wildman–Crippen MR) is 84.8 cm³/mol. The van der Waals surface area contributed by atoms with Crippen molar-refractivity contribution in [3.8, 4) is 0 Å². The van der Waals surface area contributed by atoms with Gasteiger partial charge in [-0.05, 0) is 37.2 Å². The summed E-state index contributed by atoms with van der Waals surface area (Å²) in [6.45, 7) is 3.61. The first kappa shape index (κ1) is 16.0. The Bertz CT molecular complexity index is 578. The molecular formula is C18H23NO4. The Kier molecular flexibility index (Phi) is 4.39. The molecule has 1 N–H and O–H groups in total. The molecule has 0 aromatic heterocycles. The maximum atomic E-state index is 12.8. The molecule has 5 nitrogen and oxygen atoms in total. The number of nitrogens with zero attached hydrogens (tertiary/aromatic N) is 1. The number of likely N-dealkylation sites (tertiary alicyclic amines) is 1. The fraction of sp³-hybridized carbons (Fsp3) is 0.556. The zero-order valence-corrected chi connectivity index (χ0v) is 13.4. The van der Waals surface area contributed by atoms with Gasteiger partial charge in [0.15, 0.2) is 6.10 Å². The number of carbonyl (C=O) groups excluding carboxylic acids is 1. The molecule has 23 heavy (non-hydrogen) atoms. The average molecular weight is 317 g/mol. The second-order valence-corrected chi connectivity index (χ2v) is 6.53. The van der Waals surface area contributed by atoms with Crippen LogP contribution in [-0.4, -0.2) is 41.6 Å². The van der Waals surface area contributed by atoms with E-state index in [1.54, 1.807) is 0 Å². The number of aliphatic carboxylic acids is 1. The molecule has 1 aliphatic carbocycles. The molecule has 3 rings (SSSR count). The molecule has 1 saturated carbocycles. The zero-order chi connectivity index (χ0) is 16.4. The fourth-order valence-corrected chi connectivity index (χ4v) is 3.69. The van der Waals surface area contributed by atoms with Crippen molar-refractivity contribution in [2.45, 2.75) is 32.3 Å². The van der Waals surface area contributed by atoms with Gasteiger partial charge in [-0.3, -0.25) is 9.59 Å². The van der Waals surface area contributed by atoms with E-state index in [2.05, 4.69) is 0 Å². The summed E-state index contributed by atoms with van der Waals surface area (Å²) in [7, 11) is 0. The Labute approximate surface area is 136 Å². The van der Waals surface area contributed by atoms with Gasteiger partial charge in [0.25, 0.3) is 5.91 Å². The summed E-state index contributed by atoms with van der Waals surface area (Å²) in [5.41, 5.74) is 0.811. The van der Waals surface area contributed by atoms with Gasteiger partial charge in [-0.15, -0.1) is 0 Å². The Morgan fingerprint density at radius 3 is 2.48 bits per heavy atom. The number of rotatable bonds is 5. The van der Waals surface area contributed by atoms with Gasteiger partial charge in [0, 0.05) is 19.7 Å². The van der Waals surface area contributed by atoms with Crippen molar-refractivity contribution in [2.24, 2.45) is 11.3 Å². The summed E-state index contributed by atoms with van der Waals surface area (Å²) in [5.74, 6) is -0.918. The van der Waals surface area contributed by atoms with E-state index in [0.29, 0.717) is 19.7 Å². The van der Waals surface area contributed by atoms with E-state index in [1.807, 2.05) is 42.2 Å². The van der Waals surface area contributed by atoms with Crippen LogP contribution in [0.15, 0.2) is 30.3 Å². The van der Waals surface area contributed by atoms with Gasteiger partial charge in [-0.25, -0.2) is 0 Å². The summed E-state index contributed by atoms with van der Waals surface area (Å²) in [6.07, 6.45) is 1.76. The molecule has 2 atom stereocenters. The maximum absolute atomic E-state index is 12.8. The highest BCUT2D eigenvalue weighted by atomic mass is 16.5. The third kappa shape index (κ3) is 3.11. The monoisotopic (exact) mass is 317 g/mol. The minimum atomic E-state index is -0.693. The van der Waals surface area contributed by atoms with Crippen molar-refractivity contribution in [2.75, 3.05) is 19.7 Å². The third-order valence-corrected chi connectivity index (χ3v) is 5.22. The van der Waals surface area contributed by atoms with Crippen molar-refractivity contribution < 1.29 is 19.4 Å². The number of hydrogen-bond acceptors (Lipinski definition) is 3. The molecule has 1 heterocycles. The number of ether oxygens (including phenoxy) is 1. The highest BCUT2D eigenvalue weighted by molar-refractivity contribution is 5.82. The van der Waals surface area contributed by atoms with E-state index in [-0.39, 0.29) is 17.2 Å². The van der Waals surface area contributed by atoms with Crippen molar-refractivity contribution in [1.82, 2.24) is 4.90 Å². The van der Waals surface area contributed by atoms with Gasteiger partial charge in [0.2, 0.25) is 0 Å². The van der Waals surface area contributed by atoms with Gasteiger partial charge in [0.1, 0.15) is 0 Å². The zero-order valence-electron chi connectivity index (χ0n) is 13.4. The van der Waals surface area contributed by atoms with Gasteiger partial charge in [-0.1, -0.05) is 30.3 Å². The van der Waals surface area contributed by atoms with Gasteiger partial charge >= 0.3 is 5.97 Å². The quantitative estimate of drug-likeness (QED) is 0.906. The molecule has 2 unspecified atom stereocenters. The van der Waals surface area contributed by atoms with Crippen LogP contribution in [0.5, 0.6) is 0 Å². The molecule has 1 amide bonds. The number of benzene rings is 1. The molecule has 1 aromatic carbocycles. The van der Waals surface area contributed by atoms with Crippen LogP contribution in [0.4, 0.5) is 0 Å². The number of carboxylic acid groups (broad SMARTS) is 1. The SMILES string of the molecule is CCOC(C(=O)N1CCC2(CC1)CC2C(=O)O)c1ccccc1. The van der Waals surface area contributed by atoms with Crippen LogP contribution in [0.2, 0.25) is 0 Å². The van der Waals surface area contributed by atoms with Crippen molar-refractivity contribution in [3.05, 3.63) is 35.9 Å². The largest absolute Gasteiger partial charge is 0.481 e. The van der Waals surface area contributed by atoms with Crippen LogP contribution in [-0.2, 0) is 14.3 Å². The Morgan fingerprint density at radius 1 is 1.30 bits per heavy atom. The van der Waals surface area contributed by atoms with E-state index < -0.39 is 12.1 Å². The summed E-state index contributed by atoms with van der Waals surface area (Å²) in [6, 6.07) is 9.54. The highest BCUT2D eigenvalue weighted by Crippen LogP contribution is 2.59. The van der Waals surface area contributed by atoms with Crippen molar-refractivity contribution >= 4 is 11.9 Å². The van der Waals surface area contributed by atoms with E-state index in [4.69, 9.17) is 9.84 Å². The van der Waals surface area contributed by atoms with Crippen molar-refractivity contribution in [1.29, 1.82) is 0 Å². The molecule has 1 aliphatic heterocycles. The standard InChI is InChI=1S/C18H23NO4/c1-2-23-15(13-6-4-3-5-7-13)16(20)19-10-8-18(9-11-19)12-14(18)17(21)22/h3-7,14-15H,2,8-12H2,1H3,(H,21,22). The number of amides is 1. The average Bonchev–Trinajstić information content (AvgIpc) is 3.27. The summed E-state index contributed by atoms with van der Waals surface area (Å²) in [4.78, 5) is 25.8. The number of hydrogen-bond donors (Lipinski definition) is 1. The van der Waals surface area contributed by atoms with E-state index in [1.165, 1.54) is 0 Å². The molecule has 0 radical (unpaired) electrons. The lowest BCUT2D eigenvalue weighted by Gasteiger charge is -2.34. The number of carboxylic acids is 1. The molecule has 1 spiro atoms. The maximum Gasteiger partial charge on any atom is 0.307 e. The first-order valence-electron chi connectivity index (χ1n) is 8.25. The Morgan fingerprint density at radius 2 is 1.96 bits per heavy atom. The molecule has 5 heteroatoms. The van der Waals surface area contributed by atoms with E-state index >= 15 is 0 Å². The van der Waals surface area contributed by atoms with Gasteiger partial charge in [0.05, 0.1) is 5.92 Å². The summed E-state index contributed by atoms with van der Waals surface area (Å²) in [5, 5.41) is 9.15. The summed E-state index contributed by atoms with van der Waals surface area (Å²) < 4.78 is 5.68. The lowest BCUT2D eigenvalue weighted by Crippen LogP contribution is -2.42. The minimum absolute atomic E-state index is 0.0135. The second kappa shape index (κ2) is 6.32. The first-order chi connectivity index (χ1) is 11.1. The topological polar surface area (TPSA) is 66.8 Å². The minimum Gasteiger partial charge on any atom is -0.481 e. The van der Waals surface area contributed by atoms with E-state index in [9.17, 15) is 9.59 Å². The molecule has 2 fully saturated rings. The van der Waals surface area contributed by atoms with Crippen LogP contribution in [0, 0.1) is 11.3 Å². The summed E-state index contributed by atoms with van der Waals surface area (Å²) >= 11 is 0.